The van der Waals surface area contributed by atoms with Gasteiger partial charge in [-0.2, -0.15) is 0 Å². The highest BCUT2D eigenvalue weighted by atomic mass is 16.4. The molecule has 3 heteroatoms. The number of carboxylic acids is 1. The second kappa shape index (κ2) is 7.17. The molecular formula is C15H23NO2. The molecule has 1 aromatic rings. The van der Waals surface area contributed by atoms with E-state index in [0.29, 0.717) is 11.6 Å². The zero-order chi connectivity index (χ0) is 13.5. The average molecular weight is 249 g/mol. The van der Waals surface area contributed by atoms with Gasteiger partial charge in [-0.3, -0.25) is 4.90 Å². The maximum Gasteiger partial charge on any atom is 0.335 e. The van der Waals surface area contributed by atoms with Gasteiger partial charge in [-0.15, -0.1) is 0 Å². The van der Waals surface area contributed by atoms with Crippen LogP contribution in [0, 0.1) is 0 Å². The molecule has 0 aliphatic heterocycles. The Balaban J connectivity index is 2.81. The fourth-order valence-corrected chi connectivity index (χ4v) is 2.34. The molecule has 0 fully saturated rings. The number of rotatable bonds is 7. The molecule has 0 aliphatic carbocycles. The zero-order valence-corrected chi connectivity index (χ0v) is 11.5. The number of benzene rings is 1. The Morgan fingerprint density at radius 1 is 1.28 bits per heavy atom. The van der Waals surface area contributed by atoms with E-state index in [-0.39, 0.29) is 0 Å². The Hall–Kier alpha value is -1.35. The summed E-state index contributed by atoms with van der Waals surface area (Å²) in [5.74, 6) is -0.859. The van der Waals surface area contributed by atoms with E-state index in [4.69, 9.17) is 5.11 Å². The number of aromatic carboxylic acids is 1. The Kier molecular flexibility index (Phi) is 5.86. The third kappa shape index (κ3) is 3.84. The lowest BCUT2D eigenvalue weighted by molar-refractivity contribution is 0.0696. The summed E-state index contributed by atoms with van der Waals surface area (Å²) in [5, 5.41) is 8.99. The van der Waals surface area contributed by atoms with Crippen molar-refractivity contribution >= 4 is 5.97 Å². The molecule has 0 aliphatic rings. The van der Waals surface area contributed by atoms with E-state index >= 15 is 0 Å². The van der Waals surface area contributed by atoms with Crippen LogP contribution >= 0.6 is 0 Å². The summed E-state index contributed by atoms with van der Waals surface area (Å²) < 4.78 is 0. The van der Waals surface area contributed by atoms with E-state index in [2.05, 4.69) is 25.7 Å². The molecule has 0 unspecified atom stereocenters. The van der Waals surface area contributed by atoms with E-state index < -0.39 is 5.97 Å². The van der Waals surface area contributed by atoms with Crippen molar-refractivity contribution in [1.82, 2.24) is 4.90 Å². The Morgan fingerprint density at radius 2 is 1.94 bits per heavy atom. The summed E-state index contributed by atoms with van der Waals surface area (Å²) in [6.07, 6.45) is 2.26. The second-order valence-electron chi connectivity index (χ2n) is 4.54. The first-order valence-electron chi connectivity index (χ1n) is 6.68. The lowest BCUT2D eigenvalue weighted by Gasteiger charge is -2.29. The Bertz CT molecular complexity index is 386. The maximum atomic E-state index is 10.9. The van der Waals surface area contributed by atoms with E-state index in [1.807, 2.05) is 12.1 Å². The molecule has 0 amide bonds. The molecule has 3 nitrogen and oxygen atoms in total. The lowest BCUT2D eigenvalue weighted by atomic mass is 10.1. The van der Waals surface area contributed by atoms with Crippen LogP contribution in [0.1, 0.15) is 49.5 Å². The Labute approximate surface area is 109 Å². The van der Waals surface area contributed by atoms with Crippen molar-refractivity contribution in [1.29, 1.82) is 0 Å². The first kappa shape index (κ1) is 14.7. The van der Waals surface area contributed by atoms with Crippen LogP contribution in [0.25, 0.3) is 0 Å². The quantitative estimate of drug-likeness (QED) is 0.805. The molecule has 18 heavy (non-hydrogen) atoms. The zero-order valence-electron chi connectivity index (χ0n) is 11.5. The van der Waals surface area contributed by atoms with E-state index in [1.54, 1.807) is 12.1 Å². The van der Waals surface area contributed by atoms with Crippen LogP contribution in [0.5, 0.6) is 0 Å². The predicted molar refractivity (Wildman–Crippen MR) is 73.9 cm³/mol. The highest BCUT2D eigenvalue weighted by Crippen LogP contribution is 2.14. The third-order valence-electron chi connectivity index (χ3n) is 3.42. The molecule has 0 saturated carbocycles. The van der Waals surface area contributed by atoms with Crippen LogP contribution in [-0.4, -0.2) is 28.6 Å². The highest BCUT2D eigenvalue weighted by Gasteiger charge is 2.14. The van der Waals surface area contributed by atoms with Crippen molar-refractivity contribution in [3.63, 3.8) is 0 Å². The summed E-state index contributed by atoms with van der Waals surface area (Å²) in [7, 11) is 0. The van der Waals surface area contributed by atoms with Gasteiger partial charge in [0.15, 0.2) is 0 Å². The molecule has 0 saturated heterocycles. The van der Waals surface area contributed by atoms with Crippen LogP contribution in [0.4, 0.5) is 0 Å². The molecule has 0 heterocycles. The van der Waals surface area contributed by atoms with Crippen molar-refractivity contribution in [2.75, 3.05) is 6.54 Å². The molecule has 1 rings (SSSR count). The fraction of sp³-hybridized carbons (Fsp3) is 0.533. The summed E-state index contributed by atoms with van der Waals surface area (Å²) in [4.78, 5) is 13.3. The number of hydrogen-bond donors (Lipinski definition) is 1. The summed E-state index contributed by atoms with van der Waals surface area (Å²) in [5.41, 5.74) is 1.44. The molecule has 0 spiro atoms. The standard InChI is InChI=1S/C15H23NO2/c1-4-14(5-2)16(6-3)11-12-8-7-9-13(10-12)15(17)18/h7-10,14H,4-6,11H2,1-3H3,(H,17,18). The van der Waals surface area contributed by atoms with Gasteiger partial charge in [0.25, 0.3) is 0 Å². The number of carboxylic acid groups (broad SMARTS) is 1. The molecule has 0 bridgehead atoms. The van der Waals surface area contributed by atoms with E-state index in [1.165, 1.54) is 0 Å². The molecule has 1 N–H and O–H groups in total. The van der Waals surface area contributed by atoms with Crippen molar-refractivity contribution in [2.24, 2.45) is 0 Å². The number of hydrogen-bond acceptors (Lipinski definition) is 2. The van der Waals surface area contributed by atoms with Crippen LogP contribution in [0.2, 0.25) is 0 Å². The summed E-state index contributed by atoms with van der Waals surface area (Å²) in [6.45, 7) is 8.36. The first-order valence-corrected chi connectivity index (χ1v) is 6.68. The lowest BCUT2D eigenvalue weighted by Crippen LogP contribution is -2.33. The van der Waals surface area contributed by atoms with Gasteiger partial charge in [-0.05, 0) is 37.1 Å². The van der Waals surface area contributed by atoms with Crippen molar-refractivity contribution in [3.05, 3.63) is 35.4 Å². The largest absolute Gasteiger partial charge is 0.478 e. The van der Waals surface area contributed by atoms with Gasteiger partial charge >= 0.3 is 5.97 Å². The summed E-state index contributed by atoms with van der Waals surface area (Å²) in [6, 6.07) is 7.80. The number of nitrogens with zero attached hydrogens (tertiary/aromatic N) is 1. The average Bonchev–Trinajstić information content (AvgIpc) is 2.39. The second-order valence-corrected chi connectivity index (χ2v) is 4.54. The SMILES string of the molecule is CCC(CC)N(CC)Cc1cccc(C(=O)O)c1. The van der Waals surface area contributed by atoms with Gasteiger partial charge in [-0.1, -0.05) is 32.9 Å². The maximum absolute atomic E-state index is 10.9. The molecule has 0 aromatic heterocycles. The van der Waals surface area contributed by atoms with Gasteiger partial charge in [0.2, 0.25) is 0 Å². The Morgan fingerprint density at radius 3 is 2.44 bits per heavy atom. The third-order valence-corrected chi connectivity index (χ3v) is 3.42. The van der Waals surface area contributed by atoms with E-state index in [0.717, 1.165) is 31.5 Å². The van der Waals surface area contributed by atoms with Crippen LogP contribution in [-0.2, 0) is 6.54 Å². The van der Waals surface area contributed by atoms with Gasteiger partial charge in [0.1, 0.15) is 0 Å². The molecular weight excluding hydrogens is 226 g/mol. The van der Waals surface area contributed by atoms with Crippen LogP contribution in [0.15, 0.2) is 24.3 Å². The topological polar surface area (TPSA) is 40.5 Å². The molecule has 100 valence electrons. The van der Waals surface area contributed by atoms with Gasteiger partial charge in [-0.25, -0.2) is 4.79 Å². The van der Waals surface area contributed by atoms with Crippen molar-refractivity contribution in [2.45, 2.75) is 46.2 Å². The van der Waals surface area contributed by atoms with E-state index in [9.17, 15) is 4.79 Å². The molecule has 0 radical (unpaired) electrons. The van der Waals surface area contributed by atoms with Crippen LogP contribution in [0.3, 0.4) is 0 Å². The first-order chi connectivity index (χ1) is 8.62. The van der Waals surface area contributed by atoms with Crippen molar-refractivity contribution < 1.29 is 9.90 Å². The minimum atomic E-state index is -0.859. The minimum Gasteiger partial charge on any atom is -0.478 e. The monoisotopic (exact) mass is 249 g/mol. The number of carbonyl (C=O) groups is 1. The molecule has 1 aromatic carbocycles. The van der Waals surface area contributed by atoms with Gasteiger partial charge in [0, 0.05) is 12.6 Å². The smallest absolute Gasteiger partial charge is 0.335 e. The van der Waals surface area contributed by atoms with Gasteiger partial charge < -0.3 is 5.11 Å². The van der Waals surface area contributed by atoms with Crippen LogP contribution < -0.4 is 0 Å². The van der Waals surface area contributed by atoms with Gasteiger partial charge in [0.05, 0.1) is 5.56 Å². The molecule has 0 atom stereocenters. The fourth-order valence-electron chi connectivity index (χ4n) is 2.34. The minimum absolute atomic E-state index is 0.369. The normalized spacial score (nSPS) is 11.2. The predicted octanol–water partition coefficient (Wildman–Crippen LogP) is 3.40. The summed E-state index contributed by atoms with van der Waals surface area (Å²) >= 11 is 0. The van der Waals surface area contributed by atoms with Crippen molar-refractivity contribution in [3.8, 4) is 0 Å². The highest BCUT2D eigenvalue weighted by molar-refractivity contribution is 5.87.